The van der Waals surface area contributed by atoms with Crippen LogP contribution in [-0.2, 0) is 9.59 Å². The molecule has 3 nitrogen and oxygen atoms in total. The van der Waals surface area contributed by atoms with Crippen molar-refractivity contribution in [3.63, 3.8) is 0 Å². The second-order valence-corrected chi connectivity index (χ2v) is 5.42. The van der Waals surface area contributed by atoms with Crippen LogP contribution in [0.3, 0.4) is 0 Å². The number of carbonyl (C=O) groups is 2. The summed E-state index contributed by atoms with van der Waals surface area (Å²) in [7, 11) is 0. The first-order valence-electron chi connectivity index (χ1n) is 7.31. The Bertz CT molecular complexity index is 227. The molecule has 0 radical (unpaired) electrons. The summed E-state index contributed by atoms with van der Waals surface area (Å²) in [6, 6.07) is -0.284. The molecule has 0 fully saturated rings. The number of hydrogen-bond donors (Lipinski definition) is 1. The molecule has 0 aliphatic rings. The molecule has 3 heteroatoms. The predicted molar refractivity (Wildman–Crippen MR) is 75.4 cm³/mol. The van der Waals surface area contributed by atoms with E-state index in [2.05, 4.69) is 0 Å². The van der Waals surface area contributed by atoms with Crippen molar-refractivity contribution in [2.45, 2.75) is 77.7 Å². The van der Waals surface area contributed by atoms with Crippen LogP contribution >= 0.6 is 0 Å². The van der Waals surface area contributed by atoms with Gasteiger partial charge in [-0.2, -0.15) is 0 Å². The summed E-state index contributed by atoms with van der Waals surface area (Å²) in [6.07, 6.45) is 10.2. The van der Waals surface area contributed by atoms with E-state index in [1.54, 1.807) is 0 Å². The van der Waals surface area contributed by atoms with Crippen LogP contribution in [0.4, 0.5) is 0 Å². The van der Waals surface area contributed by atoms with Gasteiger partial charge in [0, 0.05) is 12.8 Å². The normalized spacial score (nSPS) is 12.7. The molecule has 0 spiro atoms. The van der Waals surface area contributed by atoms with E-state index in [0.717, 1.165) is 32.0 Å². The Hall–Kier alpha value is -0.700. The van der Waals surface area contributed by atoms with Gasteiger partial charge in [-0.15, -0.1) is 0 Å². The van der Waals surface area contributed by atoms with Crippen molar-refractivity contribution in [1.82, 2.24) is 0 Å². The van der Waals surface area contributed by atoms with Gasteiger partial charge in [0.1, 0.15) is 12.1 Å². The van der Waals surface area contributed by atoms with Crippen LogP contribution in [-0.4, -0.2) is 18.1 Å². The molecule has 0 saturated heterocycles. The van der Waals surface area contributed by atoms with Crippen LogP contribution in [0.15, 0.2) is 0 Å². The van der Waals surface area contributed by atoms with Crippen molar-refractivity contribution in [1.29, 1.82) is 0 Å². The lowest BCUT2D eigenvalue weighted by Gasteiger charge is -2.13. The van der Waals surface area contributed by atoms with E-state index in [0.29, 0.717) is 12.8 Å². The van der Waals surface area contributed by atoms with Gasteiger partial charge in [-0.3, -0.25) is 4.79 Å². The fourth-order valence-electron chi connectivity index (χ4n) is 1.95. The minimum atomic E-state index is -0.284. The summed E-state index contributed by atoms with van der Waals surface area (Å²) in [6.45, 7) is 3.98. The molecular weight excluding hydrogens is 226 g/mol. The van der Waals surface area contributed by atoms with Crippen molar-refractivity contribution in [2.24, 2.45) is 11.7 Å². The largest absolute Gasteiger partial charge is 0.321 e. The van der Waals surface area contributed by atoms with Gasteiger partial charge in [0.15, 0.2) is 0 Å². The van der Waals surface area contributed by atoms with Crippen molar-refractivity contribution in [2.75, 3.05) is 0 Å². The molecule has 0 rings (SSSR count). The summed E-state index contributed by atoms with van der Waals surface area (Å²) < 4.78 is 0. The van der Waals surface area contributed by atoms with Crippen LogP contribution in [0, 0.1) is 5.92 Å². The molecule has 106 valence electrons. The topological polar surface area (TPSA) is 60.2 Å². The van der Waals surface area contributed by atoms with E-state index in [4.69, 9.17) is 5.73 Å². The quantitative estimate of drug-likeness (QED) is 0.430. The minimum Gasteiger partial charge on any atom is -0.321 e. The molecule has 0 bridgehead atoms. The molecule has 0 unspecified atom stereocenters. The van der Waals surface area contributed by atoms with Gasteiger partial charge in [0.25, 0.3) is 0 Å². The lowest BCUT2D eigenvalue weighted by Crippen LogP contribution is -2.35. The van der Waals surface area contributed by atoms with Gasteiger partial charge in [-0.25, -0.2) is 0 Å². The molecule has 0 aromatic heterocycles. The molecule has 0 aliphatic carbocycles. The minimum absolute atomic E-state index is 0.205. The maximum Gasteiger partial charge on any atom is 0.149 e. The summed E-state index contributed by atoms with van der Waals surface area (Å²) >= 11 is 0. The standard InChI is InChI=1S/C15H29NO2/c1-13(2)15(16)14(18)11-9-7-5-3-4-6-8-10-12-17/h12-13,15H,3-11,16H2,1-2H3/t15-/m0/s1. The number of nitrogens with two attached hydrogens (primary N) is 1. The van der Waals surface area contributed by atoms with Gasteiger partial charge in [-0.05, 0) is 18.8 Å². The average molecular weight is 255 g/mol. The highest BCUT2D eigenvalue weighted by Gasteiger charge is 2.15. The van der Waals surface area contributed by atoms with E-state index >= 15 is 0 Å². The number of Topliss-reactive ketones (excluding diaryl/α,β-unsaturated/α-hetero) is 1. The molecule has 0 aromatic carbocycles. The van der Waals surface area contributed by atoms with E-state index in [1.807, 2.05) is 13.8 Å². The van der Waals surface area contributed by atoms with Crippen molar-refractivity contribution in [3.8, 4) is 0 Å². The Balaban J connectivity index is 3.30. The van der Waals surface area contributed by atoms with E-state index in [-0.39, 0.29) is 17.7 Å². The van der Waals surface area contributed by atoms with Crippen LogP contribution in [0.1, 0.15) is 71.6 Å². The molecule has 0 amide bonds. The van der Waals surface area contributed by atoms with Crippen molar-refractivity contribution in [3.05, 3.63) is 0 Å². The third kappa shape index (κ3) is 9.34. The summed E-state index contributed by atoms with van der Waals surface area (Å²) in [5.74, 6) is 0.450. The lowest BCUT2D eigenvalue weighted by molar-refractivity contribution is -0.121. The SMILES string of the molecule is CC(C)[C@H](N)C(=O)CCCCCCCCCC=O. The number of unbranched alkanes of at least 4 members (excludes halogenated alkanes) is 7. The van der Waals surface area contributed by atoms with Gasteiger partial charge in [-0.1, -0.05) is 46.0 Å². The molecule has 0 saturated carbocycles. The Labute approximate surface area is 112 Å². The first-order chi connectivity index (χ1) is 8.59. The third-order valence-corrected chi connectivity index (χ3v) is 3.34. The molecule has 0 aromatic rings. The highest BCUT2D eigenvalue weighted by molar-refractivity contribution is 5.83. The first kappa shape index (κ1) is 17.3. The molecule has 2 N–H and O–H groups in total. The van der Waals surface area contributed by atoms with Crippen LogP contribution in [0.25, 0.3) is 0 Å². The zero-order chi connectivity index (χ0) is 13.8. The zero-order valence-corrected chi connectivity index (χ0v) is 12.0. The van der Waals surface area contributed by atoms with Gasteiger partial charge >= 0.3 is 0 Å². The second kappa shape index (κ2) is 11.4. The van der Waals surface area contributed by atoms with Gasteiger partial charge in [0.2, 0.25) is 0 Å². The van der Waals surface area contributed by atoms with Gasteiger partial charge in [0.05, 0.1) is 6.04 Å². The van der Waals surface area contributed by atoms with Crippen molar-refractivity contribution < 1.29 is 9.59 Å². The highest BCUT2D eigenvalue weighted by atomic mass is 16.1. The number of carbonyl (C=O) groups excluding carboxylic acids is 2. The van der Waals surface area contributed by atoms with Crippen molar-refractivity contribution >= 4 is 12.1 Å². The fourth-order valence-corrected chi connectivity index (χ4v) is 1.95. The Morgan fingerprint density at radius 3 is 2.00 bits per heavy atom. The van der Waals surface area contributed by atoms with E-state index < -0.39 is 0 Å². The predicted octanol–water partition coefficient (Wildman–Crippen LogP) is 3.25. The molecule has 0 aliphatic heterocycles. The summed E-state index contributed by atoms with van der Waals surface area (Å²) in [5, 5.41) is 0. The fraction of sp³-hybridized carbons (Fsp3) is 0.867. The lowest BCUT2D eigenvalue weighted by atomic mass is 9.97. The second-order valence-electron chi connectivity index (χ2n) is 5.42. The number of hydrogen-bond acceptors (Lipinski definition) is 3. The maximum atomic E-state index is 11.6. The van der Waals surface area contributed by atoms with Crippen LogP contribution in [0.5, 0.6) is 0 Å². The van der Waals surface area contributed by atoms with Crippen LogP contribution < -0.4 is 5.73 Å². The number of ketones is 1. The Morgan fingerprint density at radius 2 is 1.50 bits per heavy atom. The first-order valence-corrected chi connectivity index (χ1v) is 7.31. The molecular formula is C15H29NO2. The van der Waals surface area contributed by atoms with E-state index in [1.165, 1.54) is 19.3 Å². The van der Waals surface area contributed by atoms with E-state index in [9.17, 15) is 9.59 Å². The number of aldehydes is 1. The Morgan fingerprint density at radius 1 is 1.00 bits per heavy atom. The number of rotatable bonds is 12. The molecule has 1 atom stereocenters. The molecule has 18 heavy (non-hydrogen) atoms. The monoisotopic (exact) mass is 255 g/mol. The van der Waals surface area contributed by atoms with Gasteiger partial charge < -0.3 is 10.5 Å². The van der Waals surface area contributed by atoms with Crippen LogP contribution in [0.2, 0.25) is 0 Å². The zero-order valence-electron chi connectivity index (χ0n) is 12.0. The molecule has 0 heterocycles. The average Bonchev–Trinajstić information content (AvgIpc) is 2.35. The summed E-state index contributed by atoms with van der Waals surface area (Å²) in [5.41, 5.74) is 5.79. The smallest absolute Gasteiger partial charge is 0.149 e. The highest BCUT2D eigenvalue weighted by Crippen LogP contribution is 2.11. The third-order valence-electron chi connectivity index (χ3n) is 3.34. The summed E-state index contributed by atoms with van der Waals surface area (Å²) in [4.78, 5) is 21.7. The Kier molecular flexibility index (Phi) is 11.0. The maximum absolute atomic E-state index is 11.6.